The molecule has 3 heterocycles. The Balaban J connectivity index is 1.43. The second-order valence-corrected chi connectivity index (χ2v) is 7.98. The highest BCUT2D eigenvalue weighted by Crippen LogP contribution is 2.33. The van der Waals surface area contributed by atoms with E-state index in [2.05, 4.69) is 34.6 Å². The van der Waals surface area contributed by atoms with Crippen LogP contribution in [0.15, 0.2) is 61.1 Å². The number of rotatable bonds is 5. The standard InChI is InChI=1S/C23H23ClN6O/c1-31-20-13-17(10-11-19(20)29-14-21(24)25-15-29)26-23-27-22-18(16-7-3-2-4-8-16)9-5-6-12-30(22)28-23/h2-4,7-8,10-11,13-15,18H,5-6,9,12H2,1H3,(H,26,28). The van der Waals surface area contributed by atoms with Crippen LogP contribution in [-0.4, -0.2) is 31.4 Å². The number of nitrogens with zero attached hydrogens (tertiary/aromatic N) is 5. The zero-order valence-corrected chi connectivity index (χ0v) is 18.0. The van der Waals surface area contributed by atoms with Gasteiger partial charge in [0.25, 0.3) is 0 Å². The van der Waals surface area contributed by atoms with Crippen LogP contribution in [0.1, 0.15) is 36.6 Å². The molecule has 1 atom stereocenters. The number of hydrogen-bond donors (Lipinski definition) is 1. The van der Waals surface area contributed by atoms with Gasteiger partial charge in [0, 0.05) is 30.4 Å². The van der Waals surface area contributed by atoms with Crippen molar-refractivity contribution in [2.75, 3.05) is 12.4 Å². The fraction of sp³-hybridized carbons (Fsp3) is 0.261. The summed E-state index contributed by atoms with van der Waals surface area (Å²) in [5.41, 5.74) is 2.99. The van der Waals surface area contributed by atoms with Crippen molar-refractivity contribution >= 4 is 23.2 Å². The number of ether oxygens (including phenoxy) is 1. The van der Waals surface area contributed by atoms with Gasteiger partial charge in [0.15, 0.2) is 0 Å². The molecular weight excluding hydrogens is 412 g/mol. The molecule has 1 aliphatic rings. The molecule has 0 aliphatic carbocycles. The number of fused-ring (bicyclic) bond motifs is 1. The second kappa shape index (κ2) is 8.43. The molecule has 2 aromatic carbocycles. The van der Waals surface area contributed by atoms with E-state index in [9.17, 15) is 0 Å². The summed E-state index contributed by atoms with van der Waals surface area (Å²) >= 11 is 5.96. The molecule has 0 saturated heterocycles. The third kappa shape index (κ3) is 4.01. The van der Waals surface area contributed by atoms with Gasteiger partial charge in [-0.15, -0.1) is 5.10 Å². The first-order valence-corrected chi connectivity index (χ1v) is 10.7. The van der Waals surface area contributed by atoms with Crippen molar-refractivity contribution in [2.24, 2.45) is 0 Å². The van der Waals surface area contributed by atoms with Gasteiger partial charge < -0.3 is 14.6 Å². The summed E-state index contributed by atoms with van der Waals surface area (Å²) in [4.78, 5) is 8.94. The summed E-state index contributed by atoms with van der Waals surface area (Å²) < 4.78 is 9.46. The van der Waals surface area contributed by atoms with Gasteiger partial charge in [0.2, 0.25) is 5.95 Å². The summed E-state index contributed by atoms with van der Waals surface area (Å²) in [5, 5.41) is 8.51. The molecule has 0 bridgehead atoms. The molecule has 4 aromatic rings. The van der Waals surface area contributed by atoms with Crippen LogP contribution in [0.3, 0.4) is 0 Å². The third-order valence-electron chi connectivity index (χ3n) is 5.59. The minimum absolute atomic E-state index is 0.259. The largest absolute Gasteiger partial charge is 0.494 e. The minimum Gasteiger partial charge on any atom is -0.494 e. The fourth-order valence-corrected chi connectivity index (χ4v) is 4.25. The SMILES string of the molecule is COc1cc(Nc2nc3n(n2)CCCCC3c2ccccc2)ccc1-n1cnc(Cl)c1. The highest BCUT2D eigenvalue weighted by Gasteiger charge is 2.24. The molecular formula is C23H23ClN6O. The highest BCUT2D eigenvalue weighted by atomic mass is 35.5. The van der Waals surface area contributed by atoms with Crippen molar-refractivity contribution < 1.29 is 4.74 Å². The molecule has 1 unspecified atom stereocenters. The van der Waals surface area contributed by atoms with Gasteiger partial charge in [-0.05, 0) is 30.5 Å². The Morgan fingerprint density at radius 1 is 1.13 bits per heavy atom. The van der Waals surface area contributed by atoms with Crippen LogP contribution in [0.25, 0.3) is 5.69 Å². The molecule has 1 N–H and O–H groups in total. The molecule has 0 fully saturated rings. The highest BCUT2D eigenvalue weighted by molar-refractivity contribution is 6.29. The molecule has 5 rings (SSSR count). The van der Waals surface area contributed by atoms with E-state index in [1.165, 1.54) is 12.0 Å². The van der Waals surface area contributed by atoms with Gasteiger partial charge in [0.05, 0.1) is 12.8 Å². The molecule has 8 heteroatoms. The maximum Gasteiger partial charge on any atom is 0.246 e. The van der Waals surface area contributed by atoms with Gasteiger partial charge >= 0.3 is 0 Å². The maximum atomic E-state index is 5.96. The molecule has 1 aliphatic heterocycles. The van der Waals surface area contributed by atoms with E-state index >= 15 is 0 Å². The van der Waals surface area contributed by atoms with Gasteiger partial charge in [-0.2, -0.15) is 4.98 Å². The first kappa shape index (κ1) is 19.6. The number of aromatic nitrogens is 5. The lowest BCUT2D eigenvalue weighted by Gasteiger charge is -2.13. The van der Waals surface area contributed by atoms with E-state index in [-0.39, 0.29) is 5.92 Å². The zero-order valence-electron chi connectivity index (χ0n) is 17.2. The van der Waals surface area contributed by atoms with Crippen molar-refractivity contribution in [1.29, 1.82) is 0 Å². The average molecular weight is 435 g/mol. The Bertz CT molecular complexity index is 1190. The lowest BCUT2D eigenvalue weighted by atomic mass is 9.94. The second-order valence-electron chi connectivity index (χ2n) is 7.59. The van der Waals surface area contributed by atoms with Gasteiger partial charge in [-0.3, -0.25) is 0 Å². The fourth-order valence-electron chi connectivity index (χ4n) is 4.10. The van der Waals surface area contributed by atoms with Crippen molar-refractivity contribution in [2.45, 2.75) is 31.7 Å². The van der Waals surface area contributed by atoms with Crippen molar-refractivity contribution in [3.05, 3.63) is 77.6 Å². The molecule has 2 aromatic heterocycles. The zero-order chi connectivity index (χ0) is 21.2. The number of benzene rings is 2. The third-order valence-corrected chi connectivity index (χ3v) is 5.79. The summed E-state index contributed by atoms with van der Waals surface area (Å²) in [6, 6.07) is 16.4. The molecule has 158 valence electrons. The molecule has 0 spiro atoms. The molecule has 31 heavy (non-hydrogen) atoms. The van der Waals surface area contributed by atoms with Crippen molar-refractivity contribution in [1.82, 2.24) is 24.3 Å². The molecule has 0 radical (unpaired) electrons. The lowest BCUT2D eigenvalue weighted by Crippen LogP contribution is -2.08. The van der Waals surface area contributed by atoms with Crippen LogP contribution >= 0.6 is 11.6 Å². The van der Waals surface area contributed by atoms with Crippen molar-refractivity contribution in [3.63, 3.8) is 0 Å². The Kier molecular flexibility index (Phi) is 5.34. The van der Waals surface area contributed by atoms with Crippen LogP contribution < -0.4 is 10.1 Å². The quantitative estimate of drug-likeness (QED) is 0.468. The Morgan fingerprint density at radius 3 is 2.77 bits per heavy atom. The number of halogens is 1. The molecule has 0 amide bonds. The predicted molar refractivity (Wildman–Crippen MR) is 121 cm³/mol. The monoisotopic (exact) mass is 434 g/mol. The van der Waals surface area contributed by atoms with E-state index in [4.69, 9.17) is 26.4 Å². The lowest BCUT2D eigenvalue weighted by molar-refractivity contribution is 0.413. The van der Waals surface area contributed by atoms with E-state index < -0.39 is 0 Å². The molecule has 0 saturated carbocycles. The van der Waals surface area contributed by atoms with Crippen molar-refractivity contribution in [3.8, 4) is 11.4 Å². The van der Waals surface area contributed by atoms with E-state index in [1.807, 2.05) is 33.5 Å². The van der Waals surface area contributed by atoms with Crippen LogP contribution in [0, 0.1) is 0 Å². The number of methoxy groups -OCH3 is 1. The Hall–Kier alpha value is -3.32. The number of nitrogens with one attached hydrogen (secondary N) is 1. The van der Waals surface area contributed by atoms with Gasteiger partial charge in [-0.1, -0.05) is 48.4 Å². The topological polar surface area (TPSA) is 69.8 Å². The van der Waals surface area contributed by atoms with Crippen LogP contribution in [0.5, 0.6) is 5.75 Å². The van der Waals surface area contributed by atoms with Crippen LogP contribution in [0.4, 0.5) is 11.6 Å². The van der Waals surface area contributed by atoms with Gasteiger partial charge in [0.1, 0.15) is 23.1 Å². The summed E-state index contributed by atoms with van der Waals surface area (Å²) in [5.74, 6) is 2.57. The van der Waals surface area contributed by atoms with E-state index in [0.717, 1.165) is 36.6 Å². The van der Waals surface area contributed by atoms with Crippen LogP contribution in [0.2, 0.25) is 5.15 Å². The van der Waals surface area contributed by atoms with E-state index in [0.29, 0.717) is 16.9 Å². The number of hydrogen-bond acceptors (Lipinski definition) is 5. The van der Waals surface area contributed by atoms with Crippen LogP contribution in [-0.2, 0) is 6.54 Å². The summed E-state index contributed by atoms with van der Waals surface area (Å²) in [6.45, 7) is 0.886. The number of imidazole rings is 1. The minimum atomic E-state index is 0.259. The maximum absolute atomic E-state index is 5.96. The summed E-state index contributed by atoms with van der Waals surface area (Å²) in [6.07, 6.45) is 6.76. The van der Waals surface area contributed by atoms with E-state index in [1.54, 1.807) is 19.6 Å². The Morgan fingerprint density at radius 2 is 2.00 bits per heavy atom. The number of aryl methyl sites for hydroxylation is 1. The first-order valence-electron chi connectivity index (χ1n) is 10.4. The first-order chi connectivity index (χ1) is 15.2. The summed E-state index contributed by atoms with van der Waals surface area (Å²) in [7, 11) is 1.64. The predicted octanol–water partition coefficient (Wildman–Crippen LogP) is 5.19. The molecule has 7 nitrogen and oxygen atoms in total. The normalized spacial score (nSPS) is 15.9. The van der Waals surface area contributed by atoms with Gasteiger partial charge in [-0.25, -0.2) is 9.67 Å². The Labute approximate surface area is 185 Å². The smallest absolute Gasteiger partial charge is 0.246 e. The number of anilines is 2. The average Bonchev–Trinajstić information content (AvgIpc) is 3.35.